The lowest BCUT2D eigenvalue weighted by molar-refractivity contribution is -0.135. The van der Waals surface area contributed by atoms with Gasteiger partial charge in [-0.1, -0.05) is 6.07 Å². The van der Waals surface area contributed by atoms with Crippen LogP contribution < -0.4 is 4.74 Å². The topological polar surface area (TPSA) is 65.5 Å². The maximum atomic E-state index is 11.9. The Bertz CT molecular complexity index is 777. The highest BCUT2D eigenvalue weighted by molar-refractivity contribution is 6.27. The van der Waals surface area contributed by atoms with Crippen LogP contribution in [0.1, 0.15) is 11.1 Å². The monoisotopic (exact) mass is 269 g/mol. The molecular weight excluding hydrogens is 258 g/mol. The van der Waals surface area contributed by atoms with Crippen LogP contribution in [-0.2, 0) is 14.3 Å². The van der Waals surface area contributed by atoms with E-state index < -0.39 is 11.9 Å². The molecule has 2 aromatic rings. The number of pyridine rings is 1. The van der Waals surface area contributed by atoms with E-state index in [2.05, 4.69) is 9.72 Å². The Labute approximate surface area is 114 Å². The molecule has 0 amide bonds. The average Bonchev–Trinajstić information content (AvgIpc) is 2.75. The molecule has 5 heteroatoms. The predicted molar refractivity (Wildman–Crippen MR) is 72.1 cm³/mol. The van der Waals surface area contributed by atoms with Crippen LogP contribution in [0.15, 0.2) is 30.5 Å². The molecule has 2 heterocycles. The summed E-state index contributed by atoms with van der Waals surface area (Å²) < 4.78 is 9.77. The summed E-state index contributed by atoms with van der Waals surface area (Å²) in [5, 5.41) is 0.917. The van der Waals surface area contributed by atoms with Crippen molar-refractivity contribution < 1.29 is 19.1 Å². The van der Waals surface area contributed by atoms with Crippen molar-refractivity contribution in [1.29, 1.82) is 0 Å². The number of benzene rings is 1. The number of esters is 2. The molecule has 0 fully saturated rings. The van der Waals surface area contributed by atoms with Crippen LogP contribution in [0.4, 0.5) is 0 Å². The van der Waals surface area contributed by atoms with Gasteiger partial charge in [-0.25, -0.2) is 9.59 Å². The van der Waals surface area contributed by atoms with Gasteiger partial charge in [0.25, 0.3) is 0 Å². The predicted octanol–water partition coefficient (Wildman–Crippen LogP) is 2.02. The molecule has 0 aliphatic carbocycles. The fraction of sp³-hybridized carbons (Fsp3) is 0.133. The molecule has 1 aromatic carbocycles. The number of carbonyl (C=O) groups is 2. The zero-order chi connectivity index (χ0) is 14.3. The number of aromatic nitrogens is 1. The average molecular weight is 269 g/mol. The van der Waals surface area contributed by atoms with Gasteiger partial charge >= 0.3 is 11.9 Å². The van der Waals surface area contributed by atoms with Crippen molar-refractivity contribution in [2.75, 3.05) is 7.11 Å². The van der Waals surface area contributed by atoms with Crippen molar-refractivity contribution in [2.45, 2.75) is 6.92 Å². The highest BCUT2D eigenvalue weighted by atomic mass is 16.5. The van der Waals surface area contributed by atoms with Crippen LogP contribution in [0.25, 0.3) is 16.5 Å². The summed E-state index contributed by atoms with van der Waals surface area (Å²) in [7, 11) is 1.26. The summed E-state index contributed by atoms with van der Waals surface area (Å²) in [5.41, 5.74) is 2.32. The third-order valence-corrected chi connectivity index (χ3v) is 3.22. The summed E-state index contributed by atoms with van der Waals surface area (Å²) >= 11 is 0. The van der Waals surface area contributed by atoms with E-state index in [1.54, 1.807) is 12.3 Å². The molecule has 100 valence electrons. The van der Waals surface area contributed by atoms with Crippen molar-refractivity contribution in [3.8, 4) is 5.75 Å². The van der Waals surface area contributed by atoms with E-state index in [9.17, 15) is 9.59 Å². The molecule has 5 nitrogen and oxygen atoms in total. The van der Waals surface area contributed by atoms with Gasteiger partial charge < -0.3 is 9.47 Å². The largest absolute Gasteiger partial charge is 0.466 e. The molecule has 0 saturated heterocycles. The number of aryl methyl sites for hydroxylation is 1. The first kappa shape index (κ1) is 12.3. The Morgan fingerprint density at radius 2 is 2.25 bits per heavy atom. The Morgan fingerprint density at radius 1 is 1.45 bits per heavy atom. The van der Waals surface area contributed by atoms with Crippen molar-refractivity contribution >= 4 is 28.4 Å². The van der Waals surface area contributed by atoms with Gasteiger partial charge in [-0.3, -0.25) is 4.98 Å². The van der Waals surface area contributed by atoms with Crippen molar-refractivity contribution in [3.63, 3.8) is 0 Å². The number of rotatable bonds is 1. The number of hydrogen-bond acceptors (Lipinski definition) is 5. The third-order valence-electron chi connectivity index (χ3n) is 3.22. The van der Waals surface area contributed by atoms with Gasteiger partial charge in [0.15, 0.2) is 0 Å². The summed E-state index contributed by atoms with van der Waals surface area (Å²) in [5.74, 6) is -0.744. The summed E-state index contributed by atoms with van der Waals surface area (Å²) in [6, 6.07) is 5.51. The van der Waals surface area contributed by atoms with Crippen LogP contribution >= 0.6 is 0 Å². The van der Waals surface area contributed by atoms with E-state index in [0.717, 1.165) is 17.0 Å². The summed E-state index contributed by atoms with van der Waals surface area (Å²) in [4.78, 5) is 27.6. The van der Waals surface area contributed by atoms with E-state index in [1.165, 1.54) is 7.11 Å². The van der Waals surface area contributed by atoms with Crippen molar-refractivity contribution in [2.24, 2.45) is 0 Å². The number of hydrogen-bond donors (Lipinski definition) is 0. The number of ether oxygens (including phenoxy) is 2. The summed E-state index contributed by atoms with van der Waals surface area (Å²) in [6.07, 6.45) is 2.78. The van der Waals surface area contributed by atoms with Crippen LogP contribution in [0.3, 0.4) is 0 Å². The first-order valence-electron chi connectivity index (χ1n) is 6.02. The highest BCUT2D eigenvalue weighted by Gasteiger charge is 2.31. The zero-order valence-corrected chi connectivity index (χ0v) is 11.0. The molecule has 0 radical (unpaired) electrons. The molecule has 3 rings (SSSR count). The molecule has 1 aromatic heterocycles. The van der Waals surface area contributed by atoms with Crippen molar-refractivity contribution in [3.05, 3.63) is 41.6 Å². The van der Waals surface area contributed by atoms with Crippen LogP contribution in [0, 0.1) is 6.92 Å². The standard InChI is InChI=1S/C15H11NO4/c1-8-6-11-13(14-9(8)4-3-5-16-14)10(15(18)20-11)7-12(17)19-2/h3-7H,1-2H3/b10-7+. The summed E-state index contributed by atoms with van der Waals surface area (Å²) in [6.45, 7) is 1.92. The van der Waals surface area contributed by atoms with Gasteiger partial charge in [0, 0.05) is 17.7 Å². The number of carbonyl (C=O) groups excluding carboxylic acids is 2. The Balaban J connectivity index is 2.34. The molecule has 0 atom stereocenters. The first-order valence-corrected chi connectivity index (χ1v) is 6.02. The molecule has 1 aliphatic rings. The lowest BCUT2D eigenvalue weighted by Gasteiger charge is -2.05. The third kappa shape index (κ3) is 1.75. The van der Waals surface area contributed by atoms with Gasteiger partial charge in [-0.2, -0.15) is 0 Å². The SMILES string of the molecule is COC(=O)/C=C1/C(=O)Oc2cc(C)c3cccnc3c21. The second kappa shape index (κ2) is 4.45. The van der Waals surface area contributed by atoms with Gasteiger partial charge in [0.05, 0.1) is 23.8 Å². The molecule has 0 spiro atoms. The molecule has 0 N–H and O–H groups in total. The smallest absolute Gasteiger partial charge is 0.344 e. The Morgan fingerprint density at radius 3 is 3.00 bits per heavy atom. The van der Waals surface area contributed by atoms with E-state index in [1.807, 2.05) is 19.1 Å². The number of methoxy groups -OCH3 is 1. The minimum Gasteiger partial charge on any atom is -0.466 e. The molecular formula is C15H11NO4. The second-order valence-electron chi connectivity index (χ2n) is 4.44. The maximum Gasteiger partial charge on any atom is 0.344 e. The van der Waals surface area contributed by atoms with E-state index in [0.29, 0.717) is 16.8 Å². The Kier molecular flexibility index (Phi) is 2.75. The first-order chi connectivity index (χ1) is 9.61. The van der Waals surface area contributed by atoms with Crippen LogP contribution in [-0.4, -0.2) is 24.0 Å². The van der Waals surface area contributed by atoms with Crippen LogP contribution in [0.2, 0.25) is 0 Å². The molecule has 0 bridgehead atoms. The van der Waals surface area contributed by atoms with Gasteiger partial charge in [-0.05, 0) is 24.6 Å². The fourth-order valence-corrected chi connectivity index (χ4v) is 2.29. The minimum atomic E-state index is -0.602. The maximum absolute atomic E-state index is 11.9. The molecule has 0 unspecified atom stereocenters. The fourth-order valence-electron chi connectivity index (χ4n) is 2.29. The van der Waals surface area contributed by atoms with Crippen LogP contribution in [0.5, 0.6) is 5.75 Å². The number of nitrogens with zero attached hydrogens (tertiary/aromatic N) is 1. The number of fused-ring (bicyclic) bond motifs is 3. The zero-order valence-electron chi connectivity index (χ0n) is 11.0. The quantitative estimate of drug-likeness (QED) is 0.450. The molecule has 1 aliphatic heterocycles. The molecule has 0 saturated carbocycles. The minimum absolute atomic E-state index is 0.176. The normalized spacial score (nSPS) is 15.3. The van der Waals surface area contributed by atoms with Crippen molar-refractivity contribution in [1.82, 2.24) is 4.98 Å². The van der Waals surface area contributed by atoms with E-state index in [4.69, 9.17) is 4.74 Å². The van der Waals surface area contributed by atoms with E-state index in [-0.39, 0.29) is 5.57 Å². The highest BCUT2D eigenvalue weighted by Crippen LogP contribution is 2.40. The lowest BCUT2D eigenvalue weighted by Crippen LogP contribution is -2.04. The van der Waals surface area contributed by atoms with Gasteiger partial charge in [-0.15, -0.1) is 0 Å². The van der Waals surface area contributed by atoms with Gasteiger partial charge in [0.2, 0.25) is 0 Å². The van der Waals surface area contributed by atoms with E-state index >= 15 is 0 Å². The second-order valence-corrected chi connectivity index (χ2v) is 4.44. The van der Waals surface area contributed by atoms with Gasteiger partial charge in [0.1, 0.15) is 5.75 Å². The lowest BCUT2D eigenvalue weighted by atomic mass is 9.99. The Hall–Kier alpha value is -2.69. The molecule has 20 heavy (non-hydrogen) atoms.